The number of nitrogens with zero attached hydrogens (tertiary/aromatic N) is 1. The van der Waals surface area contributed by atoms with Gasteiger partial charge in [-0.15, -0.1) is 0 Å². The molecule has 35 heavy (non-hydrogen) atoms. The van der Waals surface area contributed by atoms with Gasteiger partial charge >= 0.3 is 12.1 Å². The lowest BCUT2D eigenvalue weighted by molar-refractivity contribution is -0.158. The van der Waals surface area contributed by atoms with Crippen molar-refractivity contribution in [3.05, 3.63) is 76.9 Å². The van der Waals surface area contributed by atoms with Crippen molar-refractivity contribution in [3.8, 4) is 0 Å². The van der Waals surface area contributed by atoms with Gasteiger partial charge in [0, 0.05) is 19.2 Å². The maximum absolute atomic E-state index is 12.8. The second-order valence-corrected chi connectivity index (χ2v) is 9.23. The number of carbonyl (C=O) groups is 3. The first-order chi connectivity index (χ1) is 16.3. The number of ether oxygens (including phenoxy) is 1. The van der Waals surface area contributed by atoms with E-state index in [1.165, 1.54) is 23.1 Å². The van der Waals surface area contributed by atoms with E-state index in [1.807, 2.05) is 24.3 Å². The zero-order chi connectivity index (χ0) is 25.8. The molecule has 2 aromatic carbocycles. The number of fused-ring (bicyclic) bond motifs is 1. The van der Waals surface area contributed by atoms with Crippen LogP contribution in [0.1, 0.15) is 48.9 Å². The Labute approximate surface area is 201 Å². The number of benzene rings is 2. The zero-order valence-electron chi connectivity index (χ0n) is 19.7. The molecular weight excluding hydrogens is 461 g/mol. The minimum absolute atomic E-state index is 0.127. The van der Waals surface area contributed by atoms with Gasteiger partial charge in [0.25, 0.3) is 0 Å². The summed E-state index contributed by atoms with van der Waals surface area (Å²) < 4.78 is 43.5. The van der Waals surface area contributed by atoms with Gasteiger partial charge in [0.1, 0.15) is 5.60 Å². The molecule has 2 amide bonds. The topological polar surface area (TPSA) is 75.7 Å². The normalized spacial score (nSPS) is 16.1. The fourth-order valence-corrected chi connectivity index (χ4v) is 3.66. The molecule has 186 valence electrons. The molecule has 1 aliphatic rings. The lowest BCUT2D eigenvalue weighted by atomic mass is 9.89. The Morgan fingerprint density at radius 2 is 1.71 bits per heavy atom. The van der Waals surface area contributed by atoms with E-state index in [0.717, 1.165) is 29.3 Å². The summed E-state index contributed by atoms with van der Waals surface area (Å²) in [7, 11) is 0. The molecule has 1 aliphatic heterocycles. The minimum atomic E-state index is -4.43. The molecule has 3 rings (SSSR count). The Hall–Kier alpha value is -3.62. The highest BCUT2D eigenvalue weighted by molar-refractivity contribution is 5.94. The molecule has 6 nitrogen and oxygen atoms in total. The molecule has 2 aromatic rings. The standard InChI is InChI=1S/C26H27F3N2O4/c1-25(2,3)35-24(34)21-16-31(15-18-6-4-5-7-20(18)21)23(33)14-30-22(32)13-10-17-8-11-19(12-9-17)26(27,28)29/h4-13,21H,14-16H2,1-3H3,(H,30,32)/b13-10+. The maximum atomic E-state index is 12.8. The Morgan fingerprint density at radius 1 is 1.06 bits per heavy atom. The van der Waals surface area contributed by atoms with Crippen molar-refractivity contribution in [3.63, 3.8) is 0 Å². The van der Waals surface area contributed by atoms with E-state index in [1.54, 1.807) is 20.8 Å². The number of hydrogen-bond acceptors (Lipinski definition) is 4. The highest BCUT2D eigenvalue weighted by Gasteiger charge is 2.35. The molecule has 1 unspecified atom stereocenters. The number of halogens is 3. The van der Waals surface area contributed by atoms with Gasteiger partial charge in [-0.2, -0.15) is 13.2 Å². The lowest BCUT2D eigenvalue weighted by Crippen LogP contribution is -2.45. The van der Waals surface area contributed by atoms with Crippen LogP contribution in [0.25, 0.3) is 6.08 Å². The summed E-state index contributed by atoms with van der Waals surface area (Å²) in [6.45, 7) is 5.45. The fraction of sp³-hybridized carbons (Fsp3) is 0.346. The minimum Gasteiger partial charge on any atom is -0.459 e. The van der Waals surface area contributed by atoms with E-state index >= 15 is 0 Å². The van der Waals surface area contributed by atoms with E-state index < -0.39 is 35.1 Å². The van der Waals surface area contributed by atoms with Crippen molar-refractivity contribution < 1.29 is 32.3 Å². The van der Waals surface area contributed by atoms with Crippen LogP contribution in [0.3, 0.4) is 0 Å². The number of hydrogen-bond donors (Lipinski definition) is 1. The highest BCUT2D eigenvalue weighted by Crippen LogP contribution is 2.31. The van der Waals surface area contributed by atoms with Crippen LogP contribution < -0.4 is 5.32 Å². The molecule has 0 radical (unpaired) electrons. The van der Waals surface area contributed by atoms with E-state index in [2.05, 4.69) is 5.32 Å². The lowest BCUT2D eigenvalue weighted by Gasteiger charge is -2.35. The Bertz CT molecular complexity index is 1120. The highest BCUT2D eigenvalue weighted by atomic mass is 19.4. The maximum Gasteiger partial charge on any atom is 0.416 e. The Morgan fingerprint density at radius 3 is 2.34 bits per heavy atom. The molecule has 0 aliphatic carbocycles. The Balaban J connectivity index is 1.60. The van der Waals surface area contributed by atoms with Gasteiger partial charge in [-0.3, -0.25) is 14.4 Å². The molecule has 1 atom stereocenters. The summed E-state index contributed by atoms with van der Waals surface area (Å²) in [5.74, 6) is -2.01. The SMILES string of the molecule is CC(C)(C)OC(=O)C1CN(C(=O)CNC(=O)/C=C/c2ccc(C(F)(F)F)cc2)Cc2ccccc21. The van der Waals surface area contributed by atoms with Crippen LogP contribution in [-0.2, 0) is 31.8 Å². The second-order valence-electron chi connectivity index (χ2n) is 9.23. The summed E-state index contributed by atoms with van der Waals surface area (Å²) in [5, 5.41) is 2.48. The summed E-state index contributed by atoms with van der Waals surface area (Å²) in [4.78, 5) is 39.2. The molecule has 0 saturated carbocycles. The van der Waals surface area contributed by atoms with Crippen molar-refractivity contribution in [2.45, 2.75) is 45.0 Å². The van der Waals surface area contributed by atoms with Crippen molar-refractivity contribution in [1.82, 2.24) is 10.2 Å². The predicted molar refractivity (Wildman–Crippen MR) is 124 cm³/mol. The van der Waals surface area contributed by atoms with Gasteiger partial charge in [0.05, 0.1) is 18.0 Å². The first-order valence-electron chi connectivity index (χ1n) is 11.0. The summed E-state index contributed by atoms with van der Waals surface area (Å²) in [6, 6.07) is 11.7. The summed E-state index contributed by atoms with van der Waals surface area (Å²) in [5.41, 5.74) is 0.599. The van der Waals surface area contributed by atoms with Crippen molar-refractivity contribution in [2.75, 3.05) is 13.1 Å². The van der Waals surface area contributed by atoms with Crippen LogP contribution in [0.15, 0.2) is 54.6 Å². The molecule has 0 aromatic heterocycles. The predicted octanol–water partition coefficient (Wildman–Crippen LogP) is 4.30. The first-order valence-corrected chi connectivity index (χ1v) is 11.0. The van der Waals surface area contributed by atoms with Crippen LogP contribution in [-0.4, -0.2) is 41.4 Å². The van der Waals surface area contributed by atoms with Gasteiger partial charge in [0.2, 0.25) is 11.8 Å². The molecule has 1 N–H and O–H groups in total. The number of nitrogens with one attached hydrogen (secondary N) is 1. The van der Waals surface area contributed by atoms with Gasteiger partial charge < -0.3 is 15.0 Å². The van der Waals surface area contributed by atoms with Crippen LogP contribution in [0.4, 0.5) is 13.2 Å². The van der Waals surface area contributed by atoms with Gasteiger partial charge in [-0.1, -0.05) is 36.4 Å². The van der Waals surface area contributed by atoms with Crippen LogP contribution in [0.5, 0.6) is 0 Å². The van der Waals surface area contributed by atoms with Gasteiger partial charge in [-0.25, -0.2) is 0 Å². The molecule has 1 heterocycles. The second kappa shape index (κ2) is 10.3. The number of esters is 1. The summed E-state index contributed by atoms with van der Waals surface area (Å²) in [6.07, 6.45) is -1.93. The summed E-state index contributed by atoms with van der Waals surface area (Å²) >= 11 is 0. The number of amides is 2. The van der Waals surface area contributed by atoms with Crippen molar-refractivity contribution in [2.24, 2.45) is 0 Å². The third-order valence-electron chi connectivity index (χ3n) is 5.32. The first kappa shape index (κ1) is 26.0. The van der Waals surface area contributed by atoms with Gasteiger partial charge in [0.15, 0.2) is 0 Å². The van der Waals surface area contributed by atoms with Crippen LogP contribution in [0, 0.1) is 0 Å². The molecule has 0 spiro atoms. The van der Waals surface area contributed by atoms with E-state index in [9.17, 15) is 27.6 Å². The zero-order valence-corrected chi connectivity index (χ0v) is 19.7. The third kappa shape index (κ3) is 7.18. The molecule has 0 bridgehead atoms. The smallest absolute Gasteiger partial charge is 0.416 e. The molecular formula is C26H27F3N2O4. The fourth-order valence-electron chi connectivity index (χ4n) is 3.66. The third-order valence-corrected chi connectivity index (χ3v) is 5.32. The Kier molecular flexibility index (Phi) is 7.67. The monoisotopic (exact) mass is 488 g/mol. The van der Waals surface area contributed by atoms with E-state index in [0.29, 0.717) is 12.1 Å². The largest absolute Gasteiger partial charge is 0.459 e. The van der Waals surface area contributed by atoms with Crippen molar-refractivity contribution >= 4 is 23.9 Å². The average molecular weight is 489 g/mol. The van der Waals surface area contributed by atoms with Crippen molar-refractivity contribution in [1.29, 1.82) is 0 Å². The number of rotatable bonds is 5. The average Bonchev–Trinajstić information content (AvgIpc) is 2.79. The number of carbonyl (C=O) groups excluding carboxylic acids is 3. The van der Waals surface area contributed by atoms with Gasteiger partial charge in [-0.05, 0) is 55.7 Å². The molecule has 9 heteroatoms. The van der Waals surface area contributed by atoms with E-state index in [4.69, 9.17) is 4.74 Å². The quantitative estimate of drug-likeness (QED) is 0.503. The number of alkyl halides is 3. The van der Waals surface area contributed by atoms with E-state index in [-0.39, 0.29) is 19.0 Å². The van der Waals surface area contributed by atoms with Crippen LogP contribution >= 0.6 is 0 Å². The van der Waals surface area contributed by atoms with Crippen LogP contribution in [0.2, 0.25) is 0 Å². The molecule has 0 fully saturated rings. The molecule has 0 saturated heterocycles.